The molecule has 7 nitrogen and oxygen atoms in total. The predicted octanol–water partition coefficient (Wildman–Crippen LogP) is 2.05. The van der Waals surface area contributed by atoms with E-state index in [1.807, 2.05) is 11.9 Å². The summed E-state index contributed by atoms with van der Waals surface area (Å²) in [5.41, 5.74) is 0. The molecule has 2 heterocycles. The van der Waals surface area contributed by atoms with E-state index in [-0.39, 0.29) is 11.9 Å². The van der Waals surface area contributed by atoms with Crippen LogP contribution in [0.2, 0.25) is 0 Å². The van der Waals surface area contributed by atoms with E-state index in [4.69, 9.17) is 4.52 Å². The molecule has 3 rings (SSSR count). The van der Waals surface area contributed by atoms with Gasteiger partial charge in [-0.3, -0.25) is 0 Å². The molecular weight excluding hydrogens is 306 g/mol. The minimum atomic E-state index is 0.0649. The average Bonchev–Trinajstić information content (AvgIpc) is 3.27. The summed E-state index contributed by atoms with van der Waals surface area (Å²) >= 11 is 0. The average molecular weight is 335 g/mol. The van der Waals surface area contributed by atoms with Gasteiger partial charge < -0.3 is 20.1 Å². The molecule has 24 heavy (non-hydrogen) atoms. The van der Waals surface area contributed by atoms with Gasteiger partial charge >= 0.3 is 6.03 Å². The number of aromatic nitrogens is 2. The monoisotopic (exact) mass is 335 g/mol. The van der Waals surface area contributed by atoms with Crippen LogP contribution >= 0.6 is 0 Å². The lowest BCUT2D eigenvalue weighted by atomic mass is 9.98. The molecule has 2 fully saturated rings. The molecule has 2 unspecified atom stereocenters. The SMILES string of the molecule is CNC(C)Cc1noc(C2CCCN(C(=O)NC3CCCC3)C2)n1. The fourth-order valence-electron chi connectivity index (χ4n) is 3.59. The molecule has 7 heteroatoms. The molecule has 1 saturated carbocycles. The molecule has 1 aromatic rings. The molecule has 2 N–H and O–H groups in total. The summed E-state index contributed by atoms with van der Waals surface area (Å²) in [6.07, 6.45) is 7.40. The number of likely N-dealkylation sites (N-methyl/N-ethyl adjacent to an activating group) is 1. The minimum absolute atomic E-state index is 0.0649. The summed E-state index contributed by atoms with van der Waals surface area (Å²) in [4.78, 5) is 18.9. The van der Waals surface area contributed by atoms with E-state index in [2.05, 4.69) is 27.7 Å². The van der Waals surface area contributed by atoms with Gasteiger partial charge in [0.05, 0.1) is 5.92 Å². The lowest BCUT2D eigenvalue weighted by Gasteiger charge is -2.32. The standard InChI is InChI=1S/C17H29N5O2/c1-12(18-2)10-15-20-16(24-21-15)13-6-5-9-22(11-13)17(23)19-14-7-3-4-8-14/h12-14,18H,3-11H2,1-2H3,(H,19,23). The zero-order chi connectivity index (χ0) is 16.9. The number of hydrogen-bond acceptors (Lipinski definition) is 5. The molecule has 1 aliphatic heterocycles. The number of carbonyl (C=O) groups excluding carboxylic acids is 1. The highest BCUT2D eigenvalue weighted by molar-refractivity contribution is 5.74. The molecule has 0 spiro atoms. The molecule has 1 aliphatic carbocycles. The van der Waals surface area contributed by atoms with Crippen LogP contribution in [0.15, 0.2) is 4.52 Å². The third-order valence-corrected chi connectivity index (χ3v) is 5.21. The van der Waals surface area contributed by atoms with E-state index < -0.39 is 0 Å². The molecule has 2 amide bonds. The van der Waals surface area contributed by atoms with E-state index in [1.54, 1.807) is 0 Å². The number of carbonyl (C=O) groups is 1. The molecule has 134 valence electrons. The lowest BCUT2D eigenvalue weighted by molar-refractivity contribution is 0.168. The Morgan fingerprint density at radius 2 is 2.12 bits per heavy atom. The van der Waals surface area contributed by atoms with Gasteiger partial charge in [-0.15, -0.1) is 0 Å². The van der Waals surface area contributed by atoms with Crippen LogP contribution in [0.1, 0.15) is 63.1 Å². The minimum Gasteiger partial charge on any atom is -0.339 e. The van der Waals surface area contributed by atoms with Crippen molar-refractivity contribution in [1.29, 1.82) is 0 Å². The van der Waals surface area contributed by atoms with Crippen molar-refractivity contribution in [2.75, 3.05) is 20.1 Å². The number of likely N-dealkylation sites (tertiary alicyclic amines) is 1. The number of nitrogens with one attached hydrogen (secondary N) is 2. The molecule has 2 aliphatic rings. The van der Waals surface area contributed by atoms with Crippen molar-refractivity contribution in [3.05, 3.63) is 11.7 Å². The number of nitrogens with zero attached hydrogens (tertiary/aromatic N) is 3. The van der Waals surface area contributed by atoms with Crippen LogP contribution in [0.25, 0.3) is 0 Å². The molecule has 0 aromatic carbocycles. The van der Waals surface area contributed by atoms with Gasteiger partial charge in [-0.2, -0.15) is 4.98 Å². The van der Waals surface area contributed by atoms with Crippen LogP contribution in [0.4, 0.5) is 4.79 Å². The van der Waals surface area contributed by atoms with Gasteiger partial charge in [-0.25, -0.2) is 4.79 Å². The summed E-state index contributed by atoms with van der Waals surface area (Å²) in [6, 6.07) is 0.738. The Morgan fingerprint density at radius 3 is 2.88 bits per heavy atom. The van der Waals surface area contributed by atoms with E-state index in [0.717, 1.165) is 44.5 Å². The second-order valence-corrected chi connectivity index (χ2v) is 7.16. The summed E-state index contributed by atoms with van der Waals surface area (Å²) in [5, 5.41) is 10.4. The molecule has 2 atom stereocenters. The predicted molar refractivity (Wildman–Crippen MR) is 90.9 cm³/mol. The van der Waals surface area contributed by atoms with Crippen molar-refractivity contribution in [2.45, 2.75) is 69.9 Å². The van der Waals surface area contributed by atoms with Crippen LogP contribution in [0, 0.1) is 0 Å². The Bertz CT molecular complexity index is 541. The van der Waals surface area contributed by atoms with E-state index in [1.165, 1.54) is 12.8 Å². The Labute approximate surface area is 143 Å². The maximum Gasteiger partial charge on any atom is 0.317 e. The van der Waals surface area contributed by atoms with Gasteiger partial charge in [-0.05, 0) is 39.7 Å². The van der Waals surface area contributed by atoms with Crippen molar-refractivity contribution < 1.29 is 9.32 Å². The maximum atomic E-state index is 12.5. The second-order valence-electron chi connectivity index (χ2n) is 7.16. The zero-order valence-electron chi connectivity index (χ0n) is 14.8. The normalized spacial score (nSPS) is 23.4. The second kappa shape index (κ2) is 7.96. The summed E-state index contributed by atoms with van der Waals surface area (Å²) in [6.45, 7) is 3.57. The van der Waals surface area contributed by atoms with Crippen LogP contribution < -0.4 is 10.6 Å². The zero-order valence-corrected chi connectivity index (χ0v) is 14.8. The summed E-state index contributed by atoms with van der Waals surface area (Å²) in [7, 11) is 1.92. The summed E-state index contributed by atoms with van der Waals surface area (Å²) in [5.74, 6) is 1.56. The van der Waals surface area contributed by atoms with Crippen LogP contribution in [-0.4, -0.2) is 53.3 Å². The fraction of sp³-hybridized carbons (Fsp3) is 0.824. The third-order valence-electron chi connectivity index (χ3n) is 5.21. The Balaban J connectivity index is 1.55. The maximum absolute atomic E-state index is 12.5. The largest absolute Gasteiger partial charge is 0.339 e. The number of rotatable bonds is 5. The first kappa shape index (κ1) is 17.2. The molecule has 1 saturated heterocycles. The quantitative estimate of drug-likeness (QED) is 0.860. The Morgan fingerprint density at radius 1 is 1.33 bits per heavy atom. The van der Waals surface area contributed by atoms with Gasteiger partial charge in [0.2, 0.25) is 5.89 Å². The van der Waals surface area contributed by atoms with Gasteiger partial charge in [0.25, 0.3) is 0 Å². The number of urea groups is 1. The first-order valence-electron chi connectivity index (χ1n) is 9.21. The van der Waals surface area contributed by atoms with Gasteiger partial charge in [0.15, 0.2) is 5.82 Å². The highest BCUT2D eigenvalue weighted by atomic mass is 16.5. The Hall–Kier alpha value is -1.63. The first-order chi connectivity index (χ1) is 11.7. The highest BCUT2D eigenvalue weighted by Crippen LogP contribution is 2.26. The fourth-order valence-corrected chi connectivity index (χ4v) is 3.59. The molecule has 0 radical (unpaired) electrons. The van der Waals surface area contributed by atoms with E-state index >= 15 is 0 Å². The third kappa shape index (κ3) is 4.26. The van der Waals surface area contributed by atoms with Crippen molar-refractivity contribution >= 4 is 6.03 Å². The van der Waals surface area contributed by atoms with Gasteiger partial charge in [0, 0.05) is 31.6 Å². The van der Waals surface area contributed by atoms with Crippen molar-refractivity contribution in [1.82, 2.24) is 25.7 Å². The topological polar surface area (TPSA) is 83.3 Å². The molecule has 1 aromatic heterocycles. The Kier molecular flexibility index (Phi) is 5.71. The van der Waals surface area contributed by atoms with Gasteiger partial charge in [0.1, 0.15) is 0 Å². The number of piperidine rings is 1. The number of amides is 2. The smallest absolute Gasteiger partial charge is 0.317 e. The lowest BCUT2D eigenvalue weighted by Crippen LogP contribution is -2.47. The van der Waals surface area contributed by atoms with Crippen LogP contribution in [0.3, 0.4) is 0 Å². The molecular formula is C17H29N5O2. The number of hydrogen-bond donors (Lipinski definition) is 2. The highest BCUT2D eigenvalue weighted by Gasteiger charge is 2.30. The molecule has 0 bridgehead atoms. The van der Waals surface area contributed by atoms with Crippen molar-refractivity contribution in [3.8, 4) is 0 Å². The van der Waals surface area contributed by atoms with Gasteiger partial charge in [-0.1, -0.05) is 18.0 Å². The van der Waals surface area contributed by atoms with Crippen LogP contribution in [-0.2, 0) is 6.42 Å². The summed E-state index contributed by atoms with van der Waals surface area (Å²) < 4.78 is 5.46. The van der Waals surface area contributed by atoms with Crippen LogP contribution in [0.5, 0.6) is 0 Å². The van der Waals surface area contributed by atoms with E-state index in [0.29, 0.717) is 24.5 Å². The van der Waals surface area contributed by atoms with Crippen molar-refractivity contribution in [3.63, 3.8) is 0 Å². The van der Waals surface area contributed by atoms with E-state index in [9.17, 15) is 4.79 Å². The first-order valence-corrected chi connectivity index (χ1v) is 9.21. The van der Waals surface area contributed by atoms with Crippen molar-refractivity contribution in [2.24, 2.45) is 0 Å².